The Morgan fingerprint density at radius 2 is 2.18 bits per heavy atom. The van der Waals surface area contributed by atoms with Gasteiger partial charge in [0, 0.05) is 26.7 Å². The molecule has 0 spiro atoms. The highest BCUT2D eigenvalue weighted by molar-refractivity contribution is 9.10. The minimum Gasteiger partial charge on any atom is -0.383 e. The van der Waals surface area contributed by atoms with Crippen LogP contribution in [-0.4, -0.2) is 43.3 Å². The second kappa shape index (κ2) is 7.45. The van der Waals surface area contributed by atoms with Crippen LogP contribution in [0.2, 0.25) is 0 Å². The first-order valence-corrected chi connectivity index (χ1v) is 6.52. The van der Waals surface area contributed by atoms with Gasteiger partial charge in [0.15, 0.2) is 0 Å². The predicted molar refractivity (Wildman–Crippen MR) is 73.7 cm³/mol. The largest absolute Gasteiger partial charge is 0.383 e. The molecule has 96 valence electrons. The molecule has 0 saturated heterocycles. The van der Waals surface area contributed by atoms with E-state index in [1.165, 1.54) is 0 Å². The molecule has 0 aromatic carbocycles. The second-order valence-corrected chi connectivity index (χ2v) is 4.26. The van der Waals surface area contributed by atoms with Crippen molar-refractivity contribution < 1.29 is 4.74 Å². The van der Waals surface area contributed by atoms with E-state index >= 15 is 0 Å². The van der Waals surface area contributed by atoms with Crippen LogP contribution in [0.3, 0.4) is 0 Å². The third-order valence-electron chi connectivity index (χ3n) is 2.36. The number of hydrogen-bond donors (Lipinski definition) is 1. The molecule has 0 radical (unpaired) electrons. The van der Waals surface area contributed by atoms with Gasteiger partial charge in [0.05, 0.1) is 6.61 Å². The van der Waals surface area contributed by atoms with E-state index in [-0.39, 0.29) is 0 Å². The summed E-state index contributed by atoms with van der Waals surface area (Å²) in [5.74, 6) is 1.73. The zero-order valence-electron chi connectivity index (χ0n) is 10.5. The molecule has 1 N–H and O–H groups in total. The molecule has 1 aromatic rings. The lowest BCUT2D eigenvalue weighted by Gasteiger charge is -2.23. The number of rotatable bonds is 7. The molecule has 0 fully saturated rings. The highest BCUT2D eigenvalue weighted by Crippen LogP contribution is 2.29. The number of likely N-dealkylation sites (N-methyl/N-ethyl adjacent to an activating group) is 1. The lowest BCUT2D eigenvalue weighted by molar-refractivity contribution is 0.205. The van der Waals surface area contributed by atoms with Crippen molar-refractivity contribution in [3.05, 3.63) is 10.8 Å². The maximum Gasteiger partial charge on any atom is 0.148 e. The molecule has 5 nitrogen and oxygen atoms in total. The van der Waals surface area contributed by atoms with E-state index < -0.39 is 0 Å². The summed E-state index contributed by atoms with van der Waals surface area (Å²) in [6.45, 7) is 7.34. The van der Waals surface area contributed by atoms with Gasteiger partial charge in [0.2, 0.25) is 0 Å². The Morgan fingerprint density at radius 3 is 2.76 bits per heavy atom. The van der Waals surface area contributed by atoms with Crippen LogP contribution in [0.15, 0.2) is 10.8 Å². The number of methoxy groups -OCH3 is 1. The lowest BCUT2D eigenvalue weighted by Crippen LogP contribution is -2.28. The van der Waals surface area contributed by atoms with Crippen molar-refractivity contribution in [2.75, 3.05) is 43.6 Å². The molecule has 0 atom stereocenters. The SMILES string of the molecule is CCNc1ncnc(N(CC)CCOC)c1Br. The normalized spacial score (nSPS) is 10.4. The molecule has 0 amide bonds. The minimum absolute atomic E-state index is 0.681. The van der Waals surface area contributed by atoms with Crippen LogP contribution in [0, 0.1) is 0 Å². The smallest absolute Gasteiger partial charge is 0.148 e. The molecule has 1 aromatic heterocycles. The molecule has 6 heteroatoms. The van der Waals surface area contributed by atoms with Crippen LogP contribution >= 0.6 is 15.9 Å². The van der Waals surface area contributed by atoms with E-state index in [2.05, 4.69) is 43.0 Å². The summed E-state index contributed by atoms with van der Waals surface area (Å²) in [4.78, 5) is 10.7. The van der Waals surface area contributed by atoms with Crippen molar-refractivity contribution in [1.82, 2.24) is 9.97 Å². The highest BCUT2D eigenvalue weighted by Gasteiger charge is 2.13. The zero-order valence-corrected chi connectivity index (χ0v) is 12.1. The van der Waals surface area contributed by atoms with Crippen molar-refractivity contribution in [3.63, 3.8) is 0 Å². The maximum atomic E-state index is 5.10. The third kappa shape index (κ3) is 3.81. The van der Waals surface area contributed by atoms with Crippen LogP contribution in [-0.2, 0) is 4.74 Å². The van der Waals surface area contributed by atoms with E-state index in [1.54, 1.807) is 13.4 Å². The first-order chi connectivity index (χ1) is 8.24. The first kappa shape index (κ1) is 14.2. The van der Waals surface area contributed by atoms with Gasteiger partial charge in [-0.25, -0.2) is 9.97 Å². The summed E-state index contributed by atoms with van der Waals surface area (Å²) in [5.41, 5.74) is 0. The molecule has 0 aliphatic carbocycles. The van der Waals surface area contributed by atoms with Gasteiger partial charge >= 0.3 is 0 Å². The standard InChI is InChI=1S/C11H19BrN4O/c1-4-13-10-9(12)11(15-8-14-10)16(5-2)6-7-17-3/h8H,4-7H2,1-3H3,(H,13,14,15). The number of hydrogen-bond acceptors (Lipinski definition) is 5. The van der Waals surface area contributed by atoms with Gasteiger partial charge in [-0.1, -0.05) is 0 Å². The molecule has 17 heavy (non-hydrogen) atoms. The highest BCUT2D eigenvalue weighted by atomic mass is 79.9. The number of nitrogens with zero attached hydrogens (tertiary/aromatic N) is 3. The van der Waals surface area contributed by atoms with E-state index in [9.17, 15) is 0 Å². The Labute approximate surface area is 111 Å². The first-order valence-electron chi connectivity index (χ1n) is 5.72. The number of ether oxygens (including phenoxy) is 1. The molecule has 0 aliphatic heterocycles. The average Bonchev–Trinajstić information content (AvgIpc) is 2.34. The molecular formula is C11H19BrN4O. The fraction of sp³-hybridized carbons (Fsp3) is 0.636. The van der Waals surface area contributed by atoms with Crippen molar-refractivity contribution in [2.24, 2.45) is 0 Å². The van der Waals surface area contributed by atoms with Gasteiger partial charge in [0.1, 0.15) is 22.4 Å². The number of anilines is 2. The molecule has 0 unspecified atom stereocenters. The third-order valence-corrected chi connectivity index (χ3v) is 3.09. The Hall–Kier alpha value is -0.880. The summed E-state index contributed by atoms with van der Waals surface area (Å²) >= 11 is 3.55. The lowest BCUT2D eigenvalue weighted by atomic mass is 10.4. The van der Waals surface area contributed by atoms with Gasteiger partial charge in [-0.15, -0.1) is 0 Å². The summed E-state index contributed by atoms with van der Waals surface area (Å²) < 4.78 is 6.00. The molecule has 1 rings (SSSR count). The monoisotopic (exact) mass is 302 g/mol. The van der Waals surface area contributed by atoms with Gasteiger partial charge < -0.3 is 15.0 Å². The van der Waals surface area contributed by atoms with Crippen LogP contribution < -0.4 is 10.2 Å². The average molecular weight is 303 g/mol. The Balaban J connectivity index is 2.90. The van der Waals surface area contributed by atoms with E-state index in [4.69, 9.17) is 4.74 Å². The molecule has 0 saturated carbocycles. The molecular weight excluding hydrogens is 284 g/mol. The maximum absolute atomic E-state index is 5.10. The van der Waals surface area contributed by atoms with Gasteiger partial charge in [0.25, 0.3) is 0 Å². The van der Waals surface area contributed by atoms with Crippen LogP contribution in [0.25, 0.3) is 0 Å². The summed E-state index contributed by atoms with van der Waals surface area (Å²) in [7, 11) is 1.70. The fourth-order valence-corrected chi connectivity index (χ4v) is 2.08. The zero-order chi connectivity index (χ0) is 12.7. The molecule has 0 aliphatic rings. The van der Waals surface area contributed by atoms with Gasteiger partial charge in [-0.05, 0) is 29.8 Å². The van der Waals surface area contributed by atoms with E-state index in [1.807, 2.05) is 6.92 Å². The number of nitrogens with one attached hydrogen (secondary N) is 1. The van der Waals surface area contributed by atoms with Gasteiger partial charge in [-0.2, -0.15) is 0 Å². The van der Waals surface area contributed by atoms with Crippen LogP contribution in [0.1, 0.15) is 13.8 Å². The quantitative estimate of drug-likeness (QED) is 0.836. The fourth-order valence-electron chi connectivity index (χ4n) is 1.49. The van der Waals surface area contributed by atoms with E-state index in [0.717, 1.165) is 35.7 Å². The van der Waals surface area contributed by atoms with Crippen molar-refractivity contribution in [2.45, 2.75) is 13.8 Å². The molecule has 0 bridgehead atoms. The summed E-state index contributed by atoms with van der Waals surface area (Å²) in [6, 6.07) is 0. The van der Waals surface area contributed by atoms with Crippen molar-refractivity contribution >= 4 is 27.6 Å². The predicted octanol–water partition coefficient (Wildman–Crippen LogP) is 2.14. The van der Waals surface area contributed by atoms with Crippen LogP contribution in [0.4, 0.5) is 11.6 Å². The Bertz CT molecular complexity index is 348. The van der Waals surface area contributed by atoms with Gasteiger partial charge in [-0.3, -0.25) is 0 Å². The second-order valence-electron chi connectivity index (χ2n) is 3.46. The van der Waals surface area contributed by atoms with Crippen molar-refractivity contribution in [1.29, 1.82) is 0 Å². The topological polar surface area (TPSA) is 50.3 Å². The Morgan fingerprint density at radius 1 is 1.41 bits per heavy atom. The number of aromatic nitrogens is 2. The Kier molecular flexibility index (Phi) is 6.21. The number of halogens is 1. The summed E-state index contributed by atoms with van der Waals surface area (Å²) in [6.07, 6.45) is 1.58. The van der Waals surface area contributed by atoms with Crippen molar-refractivity contribution in [3.8, 4) is 0 Å². The van der Waals surface area contributed by atoms with E-state index in [0.29, 0.717) is 6.61 Å². The molecule has 1 heterocycles. The minimum atomic E-state index is 0.681. The van der Waals surface area contributed by atoms with Crippen LogP contribution in [0.5, 0.6) is 0 Å². The summed E-state index contributed by atoms with van der Waals surface area (Å²) in [5, 5.41) is 3.20.